The second-order valence-electron chi connectivity index (χ2n) is 8.32. The summed E-state index contributed by atoms with van der Waals surface area (Å²) in [5.74, 6) is 0. The molecule has 0 amide bonds. The minimum Gasteiger partial charge on any atom is -0.753 e. The SMILES string of the molecule is Cc1ccc2ccc3ccc(C)nc3c2n1.Cc1ccc2ccc3ccc(C)nc3c2n1.[CH3-].[Cu+2].[Cu].[N-]=C=S. The second-order valence-corrected chi connectivity index (χ2v) is 8.50. The fraction of sp³-hybridized carbons (Fsp3) is 0.133. The van der Waals surface area contributed by atoms with Gasteiger partial charge in [0.2, 0.25) is 0 Å². The smallest absolute Gasteiger partial charge is 0.753 e. The van der Waals surface area contributed by atoms with Crippen molar-refractivity contribution in [2.45, 2.75) is 27.7 Å². The van der Waals surface area contributed by atoms with E-state index in [1.165, 1.54) is 5.16 Å². The van der Waals surface area contributed by atoms with Crippen molar-refractivity contribution in [2.75, 3.05) is 0 Å². The summed E-state index contributed by atoms with van der Waals surface area (Å²) in [6, 6.07) is 24.9. The van der Waals surface area contributed by atoms with E-state index in [9.17, 15) is 0 Å². The maximum atomic E-state index is 7.13. The van der Waals surface area contributed by atoms with E-state index in [1.807, 2.05) is 52.0 Å². The minimum absolute atomic E-state index is 0. The van der Waals surface area contributed by atoms with Gasteiger partial charge in [0.15, 0.2) is 0 Å². The molecular formula is C30H27Cu2N5S. The van der Waals surface area contributed by atoms with Crippen LogP contribution >= 0.6 is 12.2 Å². The Morgan fingerprint density at radius 2 is 0.658 bits per heavy atom. The molecule has 4 heterocycles. The molecule has 0 saturated carbocycles. The summed E-state index contributed by atoms with van der Waals surface area (Å²) < 4.78 is 0. The van der Waals surface area contributed by atoms with Gasteiger partial charge in [0, 0.05) is 61.4 Å². The molecule has 5 nitrogen and oxygen atoms in total. The molecule has 8 heteroatoms. The number of rotatable bonds is 0. The summed E-state index contributed by atoms with van der Waals surface area (Å²) >= 11 is 3.70. The van der Waals surface area contributed by atoms with E-state index in [1.54, 1.807) is 0 Å². The molecule has 2 radical (unpaired) electrons. The molecule has 0 fully saturated rings. The summed E-state index contributed by atoms with van der Waals surface area (Å²) in [4.78, 5) is 18.3. The van der Waals surface area contributed by atoms with Gasteiger partial charge in [-0.15, -0.1) is 0 Å². The van der Waals surface area contributed by atoms with Gasteiger partial charge >= 0.3 is 17.1 Å². The van der Waals surface area contributed by atoms with Crippen molar-refractivity contribution in [3.63, 3.8) is 0 Å². The minimum atomic E-state index is 0. The number of fused-ring (bicyclic) bond motifs is 6. The number of pyridine rings is 4. The maximum Gasteiger partial charge on any atom is 2.00 e. The Morgan fingerprint density at radius 3 is 0.842 bits per heavy atom. The van der Waals surface area contributed by atoms with Crippen LogP contribution in [0.3, 0.4) is 0 Å². The zero-order chi connectivity index (χ0) is 24.9. The van der Waals surface area contributed by atoms with Gasteiger partial charge in [-0.25, -0.2) is 0 Å². The molecule has 0 unspecified atom stereocenters. The monoisotopic (exact) mass is 615 g/mol. The fourth-order valence-electron chi connectivity index (χ4n) is 3.93. The Morgan fingerprint density at radius 1 is 0.500 bits per heavy atom. The number of aromatic nitrogens is 4. The van der Waals surface area contributed by atoms with Crippen LogP contribution < -0.4 is 0 Å². The first kappa shape index (κ1) is 32.9. The Kier molecular flexibility index (Phi) is 12.8. The molecule has 0 aliphatic heterocycles. The van der Waals surface area contributed by atoms with Crippen molar-refractivity contribution in [1.29, 1.82) is 0 Å². The summed E-state index contributed by atoms with van der Waals surface area (Å²) in [5.41, 5.74) is 8.13. The first-order chi connectivity index (χ1) is 16.9. The molecule has 2 aromatic carbocycles. The van der Waals surface area contributed by atoms with Crippen LogP contribution in [0.4, 0.5) is 0 Å². The molecule has 6 aromatic rings. The molecule has 0 N–H and O–H groups in total. The van der Waals surface area contributed by atoms with Crippen molar-refractivity contribution < 1.29 is 34.1 Å². The van der Waals surface area contributed by atoms with Crippen LogP contribution in [0, 0.1) is 35.1 Å². The number of benzene rings is 2. The quantitative estimate of drug-likeness (QED) is 0.0570. The van der Waals surface area contributed by atoms with Crippen molar-refractivity contribution in [3.05, 3.63) is 108 Å². The predicted molar refractivity (Wildman–Crippen MR) is 155 cm³/mol. The predicted octanol–water partition coefficient (Wildman–Crippen LogP) is 7.90. The van der Waals surface area contributed by atoms with Crippen LogP contribution in [0.5, 0.6) is 0 Å². The van der Waals surface area contributed by atoms with Gasteiger partial charge in [-0.1, -0.05) is 60.7 Å². The largest absolute Gasteiger partial charge is 2.00 e. The molecule has 200 valence electrons. The maximum absolute atomic E-state index is 7.13. The summed E-state index contributed by atoms with van der Waals surface area (Å²) in [6.45, 7) is 8.03. The average molecular weight is 617 g/mol. The molecule has 0 aliphatic rings. The second kappa shape index (κ2) is 14.8. The van der Waals surface area contributed by atoms with E-state index >= 15 is 0 Å². The molecule has 0 spiro atoms. The van der Waals surface area contributed by atoms with Crippen LogP contribution in [0.2, 0.25) is 0 Å². The topological polar surface area (TPSA) is 73.9 Å². The number of thiocarbonyl (C=S) groups is 1. The van der Waals surface area contributed by atoms with E-state index in [2.05, 4.69) is 80.7 Å². The first-order valence-corrected chi connectivity index (χ1v) is 11.6. The normalized spacial score (nSPS) is 9.58. The van der Waals surface area contributed by atoms with Crippen molar-refractivity contribution in [1.82, 2.24) is 19.9 Å². The zero-order valence-corrected chi connectivity index (χ0v) is 24.4. The van der Waals surface area contributed by atoms with Gasteiger partial charge in [0.05, 0.1) is 22.1 Å². The third-order valence-corrected chi connectivity index (χ3v) is 5.60. The number of hydrogen-bond acceptors (Lipinski definition) is 5. The van der Waals surface area contributed by atoms with Gasteiger partial charge in [-0.05, 0) is 52.0 Å². The fourth-order valence-corrected chi connectivity index (χ4v) is 3.93. The third kappa shape index (κ3) is 7.49. The summed E-state index contributed by atoms with van der Waals surface area (Å²) in [5, 5.41) is 13.1. The van der Waals surface area contributed by atoms with Crippen molar-refractivity contribution >= 4 is 61.0 Å². The van der Waals surface area contributed by atoms with Crippen LogP contribution in [-0.4, -0.2) is 25.1 Å². The van der Waals surface area contributed by atoms with Crippen LogP contribution in [-0.2, 0) is 34.1 Å². The van der Waals surface area contributed by atoms with E-state index in [-0.39, 0.29) is 41.6 Å². The molecular weight excluding hydrogens is 590 g/mol. The molecule has 0 aliphatic carbocycles. The number of isothiocyanates is 1. The molecule has 0 atom stereocenters. The van der Waals surface area contributed by atoms with Crippen molar-refractivity contribution in [2.24, 2.45) is 0 Å². The Bertz CT molecular complexity index is 1490. The third-order valence-electron chi connectivity index (χ3n) is 5.60. The first-order valence-electron chi connectivity index (χ1n) is 11.2. The van der Waals surface area contributed by atoms with Crippen LogP contribution in [0.15, 0.2) is 72.8 Å². The van der Waals surface area contributed by atoms with Gasteiger partial charge < -0.3 is 12.8 Å². The molecule has 38 heavy (non-hydrogen) atoms. The summed E-state index contributed by atoms with van der Waals surface area (Å²) in [7, 11) is 0. The van der Waals surface area contributed by atoms with Gasteiger partial charge in [0.1, 0.15) is 0 Å². The number of nitrogens with zero attached hydrogens (tertiary/aromatic N) is 5. The van der Waals surface area contributed by atoms with Crippen LogP contribution in [0.25, 0.3) is 49.0 Å². The van der Waals surface area contributed by atoms with E-state index in [0.29, 0.717) is 0 Å². The summed E-state index contributed by atoms with van der Waals surface area (Å²) in [6.07, 6.45) is 0. The van der Waals surface area contributed by atoms with E-state index in [4.69, 9.17) is 5.41 Å². The molecule has 0 bridgehead atoms. The van der Waals surface area contributed by atoms with Crippen molar-refractivity contribution in [3.8, 4) is 0 Å². The van der Waals surface area contributed by atoms with E-state index in [0.717, 1.165) is 66.4 Å². The van der Waals surface area contributed by atoms with E-state index < -0.39 is 0 Å². The molecule has 0 saturated heterocycles. The van der Waals surface area contributed by atoms with Gasteiger partial charge in [-0.2, -0.15) is 5.16 Å². The Balaban J connectivity index is 0.000000322. The molecule has 6 rings (SSSR count). The molecule has 4 aromatic heterocycles. The van der Waals surface area contributed by atoms with Gasteiger partial charge in [-0.3, -0.25) is 19.9 Å². The standard InChI is InChI=1S/2C14H12N2.CNS.CH3.2Cu/c2*1-9-3-5-11-7-8-12-6-4-10(2)16-14(12)13(11)15-9;2-1-3;;;/h2*3-8H,1-2H3;;1H3;;/q;;2*-1;;+2. The average Bonchev–Trinajstić information content (AvgIpc) is 2.85. The Hall–Kier alpha value is -3.08. The Labute approximate surface area is 250 Å². The van der Waals surface area contributed by atoms with Crippen LogP contribution in [0.1, 0.15) is 22.8 Å². The number of hydrogen-bond donors (Lipinski definition) is 0. The zero-order valence-electron chi connectivity index (χ0n) is 21.7. The van der Waals surface area contributed by atoms with Gasteiger partial charge in [0.25, 0.3) is 0 Å². The number of aryl methyl sites for hydroxylation is 4.